The van der Waals surface area contributed by atoms with Crippen molar-refractivity contribution in [3.05, 3.63) is 88.8 Å². The highest BCUT2D eigenvalue weighted by Crippen LogP contribution is 2.40. The Bertz CT molecular complexity index is 1350. The summed E-state index contributed by atoms with van der Waals surface area (Å²) in [5, 5.41) is 16.0. The Morgan fingerprint density at radius 2 is 1.72 bits per heavy atom. The van der Waals surface area contributed by atoms with Crippen LogP contribution in [0.2, 0.25) is 0 Å². The van der Waals surface area contributed by atoms with Crippen LogP contribution in [0, 0.1) is 6.92 Å². The van der Waals surface area contributed by atoms with E-state index in [1.165, 1.54) is 5.56 Å². The van der Waals surface area contributed by atoms with E-state index in [9.17, 15) is 14.7 Å². The maximum Gasteiger partial charge on any atom is 0.295 e. The number of carbonyl (C=O) groups is 2. The van der Waals surface area contributed by atoms with Gasteiger partial charge in [0.25, 0.3) is 11.7 Å². The van der Waals surface area contributed by atoms with Gasteiger partial charge in [-0.3, -0.25) is 14.5 Å². The Morgan fingerprint density at radius 1 is 1.03 bits per heavy atom. The molecule has 0 radical (unpaired) electrons. The first-order valence-corrected chi connectivity index (χ1v) is 13.7. The molecule has 0 saturated carbocycles. The first-order chi connectivity index (χ1) is 18.9. The average molecular weight is 529 g/mol. The number of carbonyl (C=O) groups excluding carboxylic acids is 2. The van der Waals surface area contributed by atoms with E-state index in [-0.39, 0.29) is 11.3 Å². The number of ether oxygens (including phenoxy) is 1. The van der Waals surface area contributed by atoms with Gasteiger partial charge in [0.15, 0.2) is 0 Å². The highest BCUT2D eigenvalue weighted by atomic mass is 16.5. The lowest BCUT2D eigenvalue weighted by atomic mass is 9.93. The van der Waals surface area contributed by atoms with Gasteiger partial charge in [-0.05, 0) is 42.5 Å². The minimum absolute atomic E-state index is 0.111. The molecule has 2 aromatic carbocycles. The van der Waals surface area contributed by atoms with Crippen LogP contribution in [0.15, 0.2) is 66.4 Å². The number of nitrogens with zero attached hydrogens (tertiary/aromatic N) is 4. The maximum absolute atomic E-state index is 13.5. The molecule has 39 heavy (non-hydrogen) atoms. The third-order valence-corrected chi connectivity index (χ3v) is 7.70. The summed E-state index contributed by atoms with van der Waals surface area (Å²) < 4.78 is 7.16. The zero-order valence-corrected chi connectivity index (χ0v) is 22.8. The predicted octanol–water partition coefficient (Wildman–Crippen LogP) is 4.45. The van der Waals surface area contributed by atoms with E-state index in [2.05, 4.69) is 23.8 Å². The third kappa shape index (κ3) is 5.40. The smallest absolute Gasteiger partial charge is 0.295 e. The molecule has 1 N–H and O–H groups in total. The second-order valence-electron chi connectivity index (χ2n) is 10.5. The normalized spacial score (nSPS) is 19.8. The maximum atomic E-state index is 13.5. The van der Waals surface area contributed by atoms with E-state index in [1.54, 1.807) is 15.8 Å². The van der Waals surface area contributed by atoms with Gasteiger partial charge in [0.05, 0.1) is 48.0 Å². The Kier molecular flexibility index (Phi) is 7.95. The zero-order valence-electron chi connectivity index (χ0n) is 22.8. The van der Waals surface area contributed by atoms with Crippen LogP contribution >= 0.6 is 0 Å². The van der Waals surface area contributed by atoms with Crippen LogP contribution in [0.1, 0.15) is 54.6 Å². The molecule has 1 atom stereocenters. The summed E-state index contributed by atoms with van der Waals surface area (Å²) >= 11 is 0. The largest absolute Gasteiger partial charge is 0.507 e. The number of aliphatic hydroxyl groups excluding tert-OH is 1. The fourth-order valence-corrected chi connectivity index (χ4v) is 5.43. The van der Waals surface area contributed by atoms with Crippen LogP contribution < -0.4 is 0 Å². The number of benzene rings is 2. The summed E-state index contributed by atoms with van der Waals surface area (Å²) in [6.07, 6.45) is 2.28. The molecular formula is C31H36N4O4. The van der Waals surface area contributed by atoms with Crippen LogP contribution in [0.4, 0.5) is 0 Å². The van der Waals surface area contributed by atoms with Crippen LogP contribution in [0.25, 0.3) is 11.4 Å². The molecule has 2 aliphatic heterocycles. The van der Waals surface area contributed by atoms with Gasteiger partial charge in [-0.25, -0.2) is 4.68 Å². The molecule has 0 unspecified atom stereocenters. The van der Waals surface area contributed by atoms with E-state index < -0.39 is 17.7 Å². The minimum atomic E-state index is -0.671. The molecular weight excluding hydrogens is 492 g/mol. The highest BCUT2D eigenvalue weighted by molar-refractivity contribution is 6.46. The first-order valence-electron chi connectivity index (χ1n) is 13.7. The van der Waals surface area contributed by atoms with Gasteiger partial charge in [0, 0.05) is 26.2 Å². The number of rotatable bonds is 8. The number of likely N-dealkylation sites (tertiary alicyclic amines) is 1. The van der Waals surface area contributed by atoms with Crippen LogP contribution in [0.5, 0.6) is 0 Å². The van der Waals surface area contributed by atoms with Gasteiger partial charge < -0.3 is 14.7 Å². The lowest BCUT2D eigenvalue weighted by Gasteiger charge is -2.29. The number of hydrogen-bond acceptors (Lipinski definition) is 6. The van der Waals surface area contributed by atoms with Crippen molar-refractivity contribution >= 4 is 17.4 Å². The second kappa shape index (κ2) is 11.6. The van der Waals surface area contributed by atoms with E-state index >= 15 is 0 Å². The monoisotopic (exact) mass is 528 g/mol. The SMILES string of the molecule is Cc1c(C(O)=C2C(=O)C(=O)N(CCCN3CCOCC3)[C@H]2c2ccc(C(C)C)cc2)cnn1-c1ccccc1. The lowest BCUT2D eigenvalue weighted by Crippen LogP contribution is -2.38. The molecule has 3 aromatic rings. The third-order valence-electron chi connectivity index (χ3n) is 7.70. The number of hydrogen-bond donors (Lipinski definition) is 1. The van der Waals surface area contributed by atoms with Gasteiger partial charge >= 0.3 is 0 Å². The van der Waals surface area contributed by atoms with Crippen molar-refractivity contribution in [2.75, 3.05) is 39.4 Å². The fraction of sp³-hybridized carbons (Fsp3) is 0.387. The second-order valence-corrected chi connectivity index (χ2v) is 10.5. The number of ketones is 1. The topological polar surface area (TPSA) is 87.9 Å². The van der Waals surface area contributed by atoms with Crippen LogP contribution in [-0.2, 0) is 14.3 Å². The van der Waals surface area contributed by atoms with Gasteiger partial charge in [-0.2, -0.15) is 5.10 Å². The summed E-state index contributed by atoms with van der Waals surface area (Å²) in [4.78, 5) is 30.8. The molecule has 1 aromatic heterocycles. The quantitative estimate of drug-likeness (QED) is 0.264. The Balaban J connectivity index is 1.51. The van der Waals surface area contributed by atoms with E-state index in [1.807, 2.05) is 61.5 Å². The Morgan fingerprint density at radius 3 is 2.38 bits per heavy atom. The van der Waals surface area contributed by atoms with Crippen molar-refractivity contribution in [3.8, 4) is 5.69 Å². The number of aromatic nitrogens is 2. The molecule has 2 fully saturated rings. The summed E-state index contributed by atoms with van der Waals surface area (Å²) in [7, 11) is 0. The van der Waals surface area contributed by atoms with E-state index in [0.717, 1.165) is 37.3 Å². The number of Topliss-reactive ketones (excluding diaryl/α,β-unsaturated/α-hetero) is 1. The summed E-state index contributed by atoms with van der Waals surface area (Å²) in [6, 6.07) is 16.9. The van der Waals surface area contributed by atoms with Gasteiger partial charge in [-0.1, -0.05) is 56.3 Å². The van der Waals surface area contributed by atoms with Gasteiger partial charge in [0.2, 0.25) is 0 Å². The number of aliphatic hydroxyl groups is 1. The van der Waals surface area contributed by atoms with Crippen molar-refractivity contribution in [2.24, 2.45) is 0 Å². The summed E-state index contributed by atoms with van der Waals surface area (Å²) in [5.74, 6) is -1.08. The molecule has 204 valence electrons. The average Bonchev–Trinajstić information content (AvgIpc) is 3.46. The van der Waals surface area contributed by atoms with Crippen LogP contribution in [0.3, 0.4) is 0 Å². The summed E-state index contributed by atoms with van der Waals surface area (Å²) in [5.41, 5.74) is 4.06. The predicted molar refractivity (Wildman–Crippen MR) is 150 cm³/mol. The highest BCUT2D eigenvalue weighted by Gasteiger charge is 2.46. The zero-order chi connectivity index (χ0) is 27.5. The van der Waals surface area contributed by atoms with Crippen LogP contribution in [-0.4, -0.2) is 75.8 Å². The van der Waals surface area contributed by atoms with E-state index in [4.69, 9.17) is 4.74 Å². The minimum Gasteiger partial charge on any atom is -0.507 e. The lowest BCUT2D eigenvalue weighted by molar-refractivity contribution is -0.140. The molecule has 2 saturated heterocycles. The van der Waals surface area contributed by atoms with Gasteiger partial charge in [0.1, 0.15) is 5.76 Å². The van der Waals surface area contributed by atoms with Crippen molar-refractivity contribution in [2.45, 2.75) is 39.2 Å². The number of para-hydroxylation sites is 1. The van der Waals surface area contributed by atoms with Crippen molar-refractivity contribution in [3.63, 3.8) is 0 Å². The van der Waals surface area contributed by atoms with Gasteiger partial charge in [-0.15, -0.1) is 0 Å². The molecule has 2 aliphatic rings. The number of amides is 1. The number of morpholine rings is 1. The molecule has 5 rings (SSSR count). The first kappa shape index (κ1) is 26.8. The summed E-state index contributed by atoms with van der Waals surface area (Å²) in [6.45, 7) is 10.5. The molecule has 0 bridgehead atoms. The molecule has 1 amide bonds. The molecule has 3 heterocycles. The fourth-order valence-electron chi connectivity index (χ4n) is 5.43. The Hall–Kier alpha value is -3.75. The van der Waals surface area contributed by atoms with Crippen molar-refractivity contribution in [1.29, 1.82) is 0 Å². The molecule has 8 nitrogen and oxygen atoms in total. The molecule has 0 spiro atoms. The Labute approximate surface area is 229 Å². The molecule has 8 heteroatoms. The standard InChI is InChI=1S/C31H36N4O4/c1-21(2)23-10-12-24(13-11-23)28-27(29(36)26-20-32-35(22(26)3)25-8-5-4-6-9-25)30(37)31(38)34(28)15-7-14-33-16-18-39-19-17-33/h4-6,8-13,20-21,28,36H,7,14-19H2,1-3H3/t28-/m0/s1. The van der Waals surface area contributed by atoms with Crippen molar-refractivity contribution in [1.82, 2.24) is 19.6 Å². The molecule has 0 aliphatic carbocycles. The van der Waals surface area contributed by atoms with E-state index in [0.29, 0.717) is 36.9 Å². The van der Waals surface area contributed by atoms with Crippen molar-refractivity contribution < 1.29 is 19.4 Å².